The van der Waals surface area contributed by atoms with E-state index >= 15 is 0 Å². The Kier molecular flexibility index (Phi) is 3.67. The number of nitrogens with zero attached hydrogens (tertiary/aromatic N) is 3. The van der Waals surface area contributed by atoms with Crippen molar-refractivity contribution in [1.29, 1.82) is 0 Å². The van der Waals surface area contributed by atoms with Crippen LogP contribution in [0.4, 0.5) is 0 Å². The highest BCUT2D eigenvalue weighted by Crippen LogP contribution is 2.57. The molecule has 122 valence electrons. The summed E-state index contributed by atoms with van der Waals surface area (Å²) in [6, 6.07) is 5.79. The molecule has 5 nitrogen and oxygen atoms in total. The molecule has 1 aromatic carbocycles. The van der Waals surface area contributed by atoms with Crippen molar-refractivity contribution in [3.63, 3.8) is 0 Å². The molecule has 2 unspecified atom stereocenters. The Labute approximate surface area is 140 Å². The Morgan fingerprint density at radius 2 is 2.13 bits per heavy atom. The van der Waals surface area contributed by atoms with Crippen LogP contribution in [0.25, 0.3) is 5.69 Å². The largest absolute Gasteiger partial charge is 0.385 e. The maximum Gasteiger partial charge on any atom is 0.179 e. The lowest BCUT2D eigenvalue weighted by Crippen LogP contribution is -2.08. The normalized spacial score (nSPS) is 27.0. The second-order valence-electron chi connectivity index (χ2n) is 6.44. The molecular formula is C17H20ClN3O2. The third-order valence-electron chi connectivity index (χ3n) is 5.05. The van der Waals surface area contributed by atoms with Gasteiger partial charge in [-0.25, -0.2) is 9.67 Å². The van der Waals surface area contributed by atoms with Gasteiger partial charge in [-0.3, -0.25) is 0 Å². The maximum atomic E-state index is 10.2. The number of aliphatic hydroxyl groups excluding tert-OH is 1. The van der Waals surface area contributed by atoms with E-state index in [9.17, 15) is 5.11 Å². The smallest absolute Gasteiger partial charge is 0.179 e. The van der Waals surface area contributed by atoms with Gasteiger partial charge in [0.15, 0.2) is 5.82 Å². The summed E-state index contributed by atoms with van der Waals surface area (Å²) in [5, 5.41) is 15.5. The summed E-state index contributed by atoms with van der Waals surface area (Å²) < 4.78 is 7.37. The van der Waals surface area contributed by atoms with Gasteiger partial charge < -0.3 is 9.84 Å². The van der Waals surface area contributed by atoms with Gasteiger partial charge in [0, 0.05) is 10.9 Å². The second-order valence-corrected chi connectivity index (χ2v) is 6.85. The Bertz CT molecular complexity index is 735. The zero-order valence-electron chi connectivity index (χ0n) is 13.2. The number of fused-ring (bicyclic) bond motifs is 1. The highest BCUT2D eigenvalue weighted by Gasteiger charge is 2.57. The summed E-state index contributed by atoms with van der Waals surface area (Å²) in [4.78, 5) is 4.68. The predicted octanol–water partition coefficient (Wildman–Crippen LogP) is 3.03. The fourth-order valence-electron chi connectivity index (χ4n) is 3.51. The summed E-state index contributed by atoms with van der Waals surface area (Å²) >= 11 is 6.27. The van der Waals surface area contributed by atoms with Crippen LogP contribution in [-0.4, -0.2) is 33.1 Å². The summed E-state index contributed by atoms with van der Waals surface area (Å²) in [5.74, 6) is 2.85. The zero-order chi connectivity index (χ0) is 16.1. The van der Waals surface area contributed by atoms with E-state index < -0.39 is 6.10 Å². The zero-order valence-corrected chi connectivity index (χ0v) is 14.0. The molecule has 0 amide bonds. The van der Waals surface area contributed by atoms with Gasteiger partial charge in [0.1, 0.15) is 11.9 Å². The summed E-state index contributed by atoms with van der Waals surface area (Å²) in [7, 11) is 0. The van der Waals surface area contributed by atoms with Gasteiger partial charge >= 0.3 is 0 Å². The molecule has 2 fully saturated rings. The van der Waals surface area contributed by atoms with E-state index in [2.05, 4.69) is 10.1 Å². The third-order valence-corrected chi connectivity index (χ3v) is 5.46. The molecule has 0 spiro atoms. The SMILES string of the molecule is CCC(O)c1nc(C2[C@H]3COC[C@@H]23)n(-c2cccc(Cl)c2C)n1. The number of benzene rings is 1. The fourth-order valence-corrected chi connectivity index (χ4v) is 3.68. The molecule has 2 heterocycles. The van der Waals surface area contributed by atoms with Gasteiger partial charge in [-0.1, -0.05) is 24.6 Å². The number of hydrogen-bond donors (Lipinski definition) is 1. The summed E-state index contributed by atoms with van der Waals surface area (Å²) in [6.07, 6.45) is -0.0390. The van der Waals surface area contributed by atoms with E-state index in [-0.39, 0.29) is 0 Å². The van der Waals surface area contributed by atoms with E-state index in [4.69, 9.17) is 16.3 Å². The molecule has 1 saturated carbocycles. The first-order valence-corrected chi connectivity index (χ1v) is 8.47. The second kappa shape index (κ2) is 5.58. The van der Waals surface area contributed by atoms with Crippen molar-refractivity contribution in [3.05, 3.63) is 40.4 Å². The monoisotopic (exact) mass is 333 g/mol. The van der Waals surface area contributed by atoms with Crippen molar-refractivity contribution in [1.82, 2.24) is 14.8 Å². The molecule has 1 saturated heterocycles. The van der Waals surface area contributed by atoms with Crippen molar-refractivity contribution < 1.29 is 9.84 Å². The van der Waals surface area contributed by atoms with Crippen LogP contribution < -0.4 is 0 Å². The average molecular weight is 334 g/mol. The first-order valence-electron chi connectivity index (χ1n) is 8.10. The lowest BCUT2D eigenvalue weighted by molar-refractivity contribution is 0.158. The average Bonchev–Trinajstić information content (AvgIpc) is 2.95. The minimum absolute atomic E-state index is 0.368. The molecular weight excluding hydrogens is 314 g/mol. The van der Waals surface area contributed by atoms with Crippen LogP contribution in [0.3, 0.4) is 0 Å². The Morgan fingerprint density at radius 3 is 2.83 bits per heavy atom. The minimum atomic E-state index is -0.635. The van der Waals surface area contributed by atoms with E-state index in [1.54, 1.807) is 0 Å². The van der Waals surface area contributed by atoms with Crippen LogP contribution in [0.1, 0.15) is 42.6 Å². The molecule has 4 atom stereocenters. The Balaban J connectivity index is 1.81. The van der Waals surface area contributed by atoms with Crippen LogP contribution in [0.5, 0.6) is 0 Å². The highest BCUT2D eigenvalue weighted by molar-refractivity contribution is 6.31. The van der Waals surface area contributed by atoms with Crippen LogP contribution in [-0.2, 0) is 4.74 Å². The summed E-state index contributed by atoms with van der Waals surface area (Å²) in [5.41, 5.74) is 1.90. The van der Waals surface area contributed by atoms with Gasteiger partial charge in [0.05, 0.1) is 18.9 Å². The van der Waals surface area contributed by atoms with Crippen LogP contribution >= 0.6 is 11.6 Å². The van der Waals surface area contributed by atoms with Crippen molar-refractivity contribution in [2.45, 2.75) is 32.3 Å². The maximum absolute atomic E-state index is 10.2. The van der Waals surface area contributed by atoms with E-state index in [0.29, 0.717) is 35.0 Å². The molecule has 0 bridgehead atoms. The highest BCUT2D eigenvalue weighted by atomic mass is 35.5. The standard InChI is InChI=1S/C17H20ClN3O2/c1-3-14(22)16-19-17(15-10-7-23-8-11(10)15)21(20-16)13-6-4-5-12(18)9(13)2/h4-6,10-11,14-15,22H,3,7-8H2,1-2H3/t10-,11+,14?,15?. The van der Waals surface area contributed by atoms with E-state index in [0.717, 1.165) is 30.3 Å². The van der Waals surface area contributed by atoms with Crippen molar-refractivity contribution >= 4 is 11.6 Å². The summed E-state index contributed by atoms with van der Waals surface area (Å²) in [6.45, 7) is 5.50. The van der Waals surface area contributed by atoms with Gasteiger partial charge in [0.25, 0.3) is 0 Å². The van der Waals surface area contributed by atoms with Crippen LogP contribution in [0.2, 0.25) is 5.02 Å². The number of ether oxygens (including phenoxy) is 1. The lowest BCUT2D eigenvalue weighted by Gasteiger charge is -2.11. The molecule has 2 aliphatic rings. The molecule has 1 aromatic heterocycles. The third kappa shape index (κ3) is 2.38. The van der Waals surface area contributed by atoms with Gasteiger partial charge in [-0.05, 0) is 42.9 Å². The molecule has 6 heteroatoms. The minimum Gasteiger partial charge on any atom is -0.385 e. The molecule has 1 N–H and O–H groups in total. The molecule has 1 aliphatic carbocycles. The molecule has 4 rings (SSSR count). The van der Waals surface area contributed by atoms with E-state index in [1.165, 1.54) is 0 Å². The molecule has 0 radical (unpaired) electrons. The first-order chi connectivity index (χ1) is 11.1. The predicted molar refractivity (Wildman–Crippen MR) is 86.9 cm³/mol. The Morgan fingerprint density at radius 1 is 1.39 bits per heavy atom. The van der Waals surface area contributed by atoms with Crippen LogP contribution in [0.15, 0.2) is 18.2 Å². The molecule has 23 heavy (non-hydrogen) atoms. The number of halogens is 1. The van der Waals surface area contributed by atoms with Crippen LogP contribution in [0, 0.1) is 18.8 Å². The molecule has 1 aliphatic heterocycles. The Hall–Kier alpha value is -1.43. The van der Waals surface area contributed by atoms with Crippen molar-refractivity contribution in [2.75, 3.05) is 13.2 Å². The fraction of sp³-hybridized carbons (Fsp3) is 0.529. The number of aromatic nitrogens is 3. The van der Waals surface area contributed by atoms with Crippen molar-refractivity contribution in [3.8, 4) is 5.69 Å². The number of aliphatic hydroxyl groups is 1. The van der Waals surface area contributed by atoms with Crippen molar-refractivity contribution in [2.24, 2.45) is 11.8 Å². The lowest BCUT2D eigenvalue weighted by atomic mass is 10.2. The van der Waals surface area contributed by atoms with E-state index in [1.807, 2.05) is 36.7 Å². The number of rotatable bonds is 4. The van der Waals surface area contributed by atoms with Gasteiger partial charge in [-0.15, -0.1) is 5.10 Å². The van der Waals surface area contributed by atoms with Gasteiger partial charge in [-0.2, -0.15) is 0 Å². The topological polar surface area (TPSA) is 60.2 Å². The first kappa shape index (κ1) is 15.1. The number of hydrogen-bond acceptors (Lipinski definition) is 4. The molecule has 2 aromatic rings. The quantitative estimate of drug-likeness (QED) is 0.934. The van der Waals surface area contributed by atoms with Gasteiger partial charge in [0.2, 0.25) is 0 Å².